The monoisotopic (exact) mass is 853 g/mol. The molecule has 0 spiro atoms. The lowest BCUT2D eigenvalue weighted by molar-refractivity contribution is -0.140. The molecule has 3 saturated heterocycles. The number of hydrogen-bond acceptors (Lipinski definition) is 11. The second kappa shape index (κ2) is 17.1. The molecule has 9 rings (SSSR count). The number of ether oxygens (including phenoxy) is 3. The van der Waals surface area contributed by atoms with Crippen LogP contribution in [0.5, 0.6) is 5.88 Å². The van der Waals surface area contributed by atoms with Crippen LogP contribution in [0, 0.1) is 0 Å². The Morgan fingerprint density at radius 2 is 1.60 bits per heavy atom. The van der Waals surface area contributed by atoms with E-state index in [9.17, 15) is 32.3 Å². The summed E-state index contributed by atoms with van der Waals surface area (Å²) in [4.78, 5) is 63.8. The lowest BCUT2D eigenvalue weighted by Crippen LogP contribution is -2.54. The highest BCUT2D eigenvalue weighted by Crippen LogP contribution is 2.40. The molecular formula is C45H46F3N7O7. The number of nitrogens with zero attached hydrogens (tertiary/aromatic N) is 6. The molecule has 14 nitrogen and oxygen atoms in total. The van der Waals surface area contributed by atoms with Gasteiger partial charge in [0.25, 0.3) is 11.8 Å². The van der Waals surface area contributed by atoms with Crippen LogP contribution in [0.4, 0.5) is 18.9 Å². The molecule has 3 aromatic heterocycles. The summed E-state index contributed by atoms with van der Waals surface area (Å²) in [7, 11) is 1.93. The summed E-state index contributed by atoms with van der Waals surface area (Å²) in [5.74, 6) is -2.50. The van der Waals surface area contributed by atoms with E-state index in [-0.39, 0.29) is 42.1 Å². The SMILES string of the molecule is Cn1c2ccncc2c2ccc(-c3cnc(OC4CCN(CCCOCCCOC5CN(c6ccc7c(c6)C(=O)N(C6CCC(=O)NC6=O)C7=O)C5)CC4)c(C(F)(F)F)c3)cc21. The average Bonchev–Trinajstić information content (AvgIpc) is 3.67. The first-order chi connectivity index (χ1) is 29.9. The van der Waals surface area contributed by atoms with Crippen LogP contribution in [-0.4, -0.2) is 119 Å². The molecule has 324 valence electrons. The molecule has 17 heteroatoms. The molecule has 5 aromatic rings. The van der Waals surface area contributed by atoms with Gasteiger partial charge in [-0.2, -0.15) is 13.2 Å². The highest BCUT2D eigenvalue weighted by atomic mass is 19.4. The molecule has 62 heavy (non-hydrogen) atoms. The van der Waals surface area contributed by atoms with Gasteiger partial charge in [-0.05, 0) is 74.1 Å². The molecule has 4 aliphatic rings. The zero-order valence-electron chi connectivity index (χ0n) is 34.2. The maximum absolute atomic E-state index is 14.3. The summed E-state index contributed by atoms with van der Waals surface area (Å²) in [5, 5.41) is 4.17. The Morgan fingerprint density at radius 1 is 0.806 bits per heavy atom. The van der Waals surface area contributed by atoms with Crippen LogP contribution in [-0.2, 0) is 32.3 Å². The molecule has 4 aliphatic heterocycles. The van der Waals surface area contributed by atoms with E-state index in [0.717, 1.165) is 57.8 Å². The topological polar surface area (TPSA) is 148 Å². The Balaban J connectivity index is 0.664. The van der Waals surface area contributed by atoms with Crippen LogP contribution in [0.15, 0.2) is 67.1 Å². The Bertz CT molecular complexity index is 2550. The lowest BCUT2D eigenvalue weighted by atomic mass is 10.0. The number of aryl methyl sites for hydroxylation is 1. The number of hydrogen-bond donors (Lipinski definition) is 1. The van der Waals surface area contributed by atoms with Crippen LogP contribution in [0.2, 0.25) is 0 Å². The lowest BCUT2D eigenvalue weighted by Gasteiger charge is -2.40. The highest BCUT2D eigenvalue weighted by Gasteiger charge is 2.45. The molecule has 1 unspecified atom stereocenters. The fourth-order valence-corrected chi connectivity index (χ4v) is 8.86. The number of piperidine rings is 2. The first-order valence-corrected chi connectivity index (χ1v) is 21.0. The maximum Gasteiger partial charge on any atom is 0.421 e. The van der Waals surface area contributed by atoms with E-state index in [0.29, 0.717) is 70.0 Å². The summed E-state index contributed by atoms with van der Waals surface area (Å²) >= 11 is 0. The third-order valence-electron chi connectivity index (χ3n) is 12.3. The van der Waals surface area contributed by atoms with Gasteiger partial charge in [-0.15, -0.1) is 0 Å². The maximum atomic E-state index is 14.3. The first kappa shape index (κ1) is 41.4. The number of carbonyl (C=O) groups excluding carboxylic acids is 4. The molecule has 2 aromatic carbocycles. The van der Waals surface area contributed by atoms with Crippen molar-refractivity contribution in [2.75, 3.05) is 57.4 Å². The molecule has 4 amide bonds. The van der Waals surface area contributed by atoms with Gasteiger partial charge in [0.2, 0.25) is 17.7 Å². The Morgan fingerprint density at radius 3 is 2.39 bits per heavy atom. The van der Waals surface area contributed by atoms with Crippen LogP contribution in [0.25, 0.3) is 32.9 Å². The van der Waals surface area contributed by atoms with Crippen LogP contribution in [0.3, 0.4) is 0 Å². The number of amides is 4. The van der Waals surface area contributed by atoms with Gasteiger partial charge in [-0.3, -0.25) is 34.4 Å². The first-order valence-electron chi connectivity index (χ1n) is 21.0. The number of imide groups is 2. The predicted octanol–water partition coefficient (Wildman–Crippen LogP) is 5.75. The minimum atomic E-state index is -4.63. The van der Waals surface area contributed by atoms with Gasteiger partial charge in [-0.1, -0.05) is 12.1 Å². The molecular weight excluding hydrogens is 808 g/mol. The molecule has 3 fully saturated rings. The number of anilines is 1. The molecule has 0 bridgehead atoms. The van der Waals surface area contributed by atoms with Crippen molar-refractivity contribution in [3.63, 3.8) is 0 Å². The zero-order valence-corrected chi connectivity index (χ0v) is 34.2. The number of halogens is 3. The molecule has 0 aliphatic carbocycles. The van der Waals surface area contributed by atoms with E-state index in [1.807, 2.05) is 35.9 Å². The zero-order chi connectivity index (χ0) is 43.1. The Kier molecular flexibility index (Phi) is 11.4. The molecule has 1 atom stereocenters. The number of alkyl halides is 3. The van der Waals surface area contributed by atoms with Gasteiger partial charge in [-0.25, -0.2) is 4.98 Å². The summed E-state index contributed by atoms with van der Waals surface area (Å²) in [6, 6.07) is 12.7. The van der Waals surface area contributed by atoms with Crippen molar-refractivity contribution in [3.05, 3.63) is 83.8 Å². The van der Waals surface area contributed by atoms with Crippen molar-refractivity contribution in [1.29, 1.82) is 0 Å². The normalized spacial score (nSPS) is 19.1. The third kappa shape index (κ3) is 8.23. The van der Waals surface area contributed by atoms with Gasteiger partial charge in [0.05, 0.1) is 22.7 Å². The van der Waals surface area contributed by atoms with Gasteiger partial charge in [0, 0.05) is 112 Å². The third-order valence-corrected chi connectivity index (χ3v) is 12.3. The van der Waals surface area contributed by atoms with Crippen molar-refractivity contribution in [2.45, 2.75) is 63.0 Å². The number of fused-ring (bicyclic) bond motifs is 4. The van der Waals surface area contributed by atoms with E-state index in [4.69, 9.17) is 14.2 Å². The van der Waals surface area contributed by atoms with E-state index in [1.165, 1.54) is 6.20 Å². The predicted molar refractivity (Wildman–Crippen MR) is 222 cm³/mol. The van der Waals surface area contributed by atoms with Crippen molar-refractivity contribution in [3.8, 4) is 17.0 Å². The second-order valence-electron chi connectivity index (χ2n) is 16.3. The van der Waals surface area contributed by atoms with Gasteiger partial charge >= 0.3 is 6.18 Å². The van der Waals surface area contributed by atoms with Crippen LogP contribution < -0.4 is 15.0 Å². The molecule has 7 heterocycles. The van der Waals surface area contributed by atoms with Crippen LogP contribution in [0.1, 0.15) is 64.8 Å². The molecule has 1 N–H and O–H groups in total. The largest absolute Gasteiger partial charge is 0.474 e. The van der Waals surface area contributed by atoms with Gasteiger partial charge in [0.1, 0.15) is 17.7 Å². The Labute approximate surface area is 354 Å². The number of nitrogens with one attached hydrogen (secondary N) is 1. The minimum absolute atomic E-state index is 0.0257. The smallest absolute Gasteiger partial charge is 0.421 e. The van der Waals surface area contributed by atoms with Crippen molar-refractivity contribution >= 4 is 51.1 Å². The molecule has 0 saturated carbocycles. The summed E-state index contributed by atoms with van der Waals surface area (Å²) in [6.07, 6.45) is 2.91. The summed E-state index contributed by atoms with van der Waals surface area (Å²) in [6.45, 7) is 5.18. The number of carbonyl (C=O) groups is 4. The van der Waals surface area contributed by atoms with Crippen molar-refractivity contribution in [1.82, 2.24) is 29.7 Å². The summed E-state index contributed by atoms with van der Waals surface area (Å²) < 4.78 is 62.8. The fourth-order valence-electron chi connectivity index (χ4n) is 8.86. The second-order valence-corrected chi connectivity index (χ2v) is 16.3. The standard InChI is InChI=1S/C45H46F3N7O7/c1-52-37-10-13-49-24-35(37)32-6-4-27(21-39(32)52)28-20-36(45(46,47)48)42(50-23-28)62-30-11-15-53(16-12-30)14-2-17-60-18-3-19-61-31-25-54(26-31)29-5-7-33-34(22-29)44(59)55(43(33)58)38-8-9-40(56)51-41(38)57/h4-7,10,13,20-24,30-31,38H,2-3,8-9,11-12,14-19,25-26H2,1H3,(H,51,56,57). The fraction of sp³-hybridized carbons (Fsp3) is 0.422. The van der Waals surface area contributed by atoms with E-state index >= 15 is 0 Å². The Hall–Kier alpha value is -5.91. The molecule has 0 radical (unpaired) electrons. The van der Waals surface area contributed by atoms with Crippen molar-refractivity contribution < 1.29 is 46.6 Å². The number of pyridine rings is 2. The van der Waals surface area contributed by atoms with Gasteiger partial charge < -0.3 is 28.6 Å². The quantitative estimate of drug-likeness (QED) is 0.108. The number of aromatic nitrogens is 3. The van der Waals surface area contributed by atoms with Gasteiger partial charge in [0.15, 0.2) is 0 Å². The van der Waals surface area contributed by atoms with Crippen LogP contribution >= 0.6 is 0 Å². The van der Waals surface area contributed by atoms with Crippen molar-refractivity contribution in [2.24, 2.45) is 7.05 Å². The summed E-state index contributed by atoms with van der Waals surface area (Å²) in [5.41, 5.74) is 3.28. The van der Waals surface area contributed by atoms with E-state index in [1.54, 1.807) is 30.6 Å². The minimum Gasteiger partial charge on any atom is -0.474 e. The van der Waals surface area contributed by atoms with E-state index in [2.05, 4.69) is 25.1 Å². The van der Waals surface area contributed by atoms with E-state index < -0.39 is 41.4 Å². The number of benzene rings is 2. The number of likely N-dealkylation sites (tertiary alicyclic amines) is 1. The average molecular weight is 854 g/mol. The number of rotatable bonds is 14. The highest BCUT2D eigenvalue weighted by molar-refractivity contribution is 6.23.